The Balaban J connectivity index is 1.66. The fraction of sp³-hybridized carbons (Fsp3) is 0.455. The van der Waals surface area contributed by atoms with Crippen LogP contribution in [0.25, 0.3) is 0 Å². The summed E-state index contributed by atoms with van der Waals surface area (Å²) in [5, 5.41) is 9.69. The molecule has 1 saturated heterocycles. The van der Waals surface area contributed by atoms with E-state index in [-0.39, 0.29) is 11.5 Å². The minimum absolute atomic E-state index is 0.0179. The van der Waals surface area contributed by atoms with E-state index in [1.54, 1.807) is 0 Å². The van der Waals surface area contributed by atoms with Gasteiger partial charge in [-0.25, -0.2) is 0 Å². The highest BCUT2D eigenvalue weighted by Gasteiger charge is 2.41. The monoisotopic (exact) mass is 338 g/mol. The molecule has 2 fully saturated rings. The van der Waals surface area contributed by atoms with Crippen LogP contribution in [0, 0.1) is 5.92 Å². The molecule has 0 bridgehead atoms. The fourth-order valence-electron chi connectivity index (χ4n) is 4.33. The van der Waals surface area contributed by atoms with Crippen LogP contribution >= 0.6 is 0 Å². The smallest absolute Gasteiger partial charge is 0.119 e. The predicted molar refractivity (Wildman–Crippen MR) is 98.2 cm³/mol. The summed E-state index contributed by atoms with van der Waals surface area (Å²) in [5.41, 5.74) is 2.67. The molecular weight excluding hydrogens is 312 g/mol. The Kier molecular flexibility index (Phi) is 4.43. The van der Waals surface area contributed by atoms with E-state index in [0.29, 0.717) is 18.3 Å². The molecular formula is C22H26O3. The first-order valence-corrected chi connectivity index (χ1v) is 9.33. The molecule has 1 aliphatic carbocycles. The molecule has 132 valence electrons. The van der Waals surface area contributed by atoms with Gasteiger partial charge in [-0.2, -0.15) is 0 Å². The maximum Gasteiger partial charge on any atom is 0.119 e. The Labute approximate surface area is 149 Å². The molecule has 2 aliphatic rings. The lowest BCUT2D eigenvalue weighted by Gasteiger charge is -2.44. The van der Waals surface area contributed by atoms with E-state index in [4.69, 9.17) is 9.47 Å². The molecule has 3 unspecified atom stereocenters. The van der Waals surface area contributed by atoms with Gasteiger partial charge >= 0.3 is 0 Å². The normalized spacial score (nSPS) is 28.5. The largest absolute Gasteiger partial charge is 0.508 e. The summed E-state index contributed by atoms with van der Waals surface area (Å²) in [7, 11) is 0. The first-order valence-electron chi connectivity index (χ1n) is 9.33. The van der Waals surface area contributed by atoms with Crippen molar-refractivity contribution in [1.29, 1.82) is 0 Å². The standard InChI is InChI=1S/C22H26O3/c1-16-4-2-3-13-22(16,17-5-9-19(23)10-6-17)18-7-11-20(12-8-18)24-14-21-15-25-21/h5-12,16,21,23H,2-4,13-15H2,1H3. The summed E-state index contributed by atoms with van der Waals surface area (Å²) >= 11 is 0. The van der Waals surface area contributed by atoms with Crippen molar-refractivity contribution in [2.75, 3.05) is 13.2 Å². The van der Waals surface area contributed by atoms with E-state index >= 15 is 0 Å². The van der Waals surface area contributed by atoms with Crippen molar-refractivity contribution in [3.05, 3.63) is 59.7 Å². The summed E-state index contributed by atoms with van der Waals surface area (Å²) in [6.07, 6.45) is 5.20. The third-order valence-corrected chi connectivity index (χ3v) is 5.89. The predicted octanol–water partition coefficient (Wildman–Crippen LogP) is 4.67. The summed E-state index contributed by atoms with van der Waals surface area (Å²) in [6.45, 7) is 3.82. The van der Waals surface area contributed by atoms with Gasteiger partial charge in [0, 0.05) is 5.41 Å². The molecule has 1 N–H and O–H groups in total. The Hall–Kier alpha value is -2.00. The molecule has 3 nitrogen and oxygen atoms in total. The van der Waals surface area contributed by atoms with E-state index < -0.39 is 0 Å². The first kappa shape index (κ1) is 16.5. The van der Waals surface area contributed by atoms with Crippen molar-refractivity contribution < 1.29 is 14.6 Å². The van der Waals surface area contributed by atoms with Crippen molar-refractivity contribution in [3.63, 3.8) is 0 Å². The fourth-order valence-corrected chi connectivity index (χ4v) is 4.33. The molecule has 1 heterocycles. The summed E-state index contributed by atoms with van der Waals surface area (Å²) in [4.78, 5) is 0. The van der Waals surface area contributed by atoms with E-state index in [1.807, 2.05) is 12.1 Å². The lowest BCUT2D eigenvalue weighted by atomic mass is 9.60. The van der Waals surface area contributed by atoms with Gasteiger partial charge in [-0.1, -0.05) is 44.0 Å². The van der Waals surface area contributed by atoms with Crippen LogP contribution in [0.1, 0.15) is 43.7 Å². The highest BCUT2D eigenvalue weighted by atomic mass is 16.6. The number of rotatable bonds is 5. The second kappa shape index (κ2) is 6.72. The third-order valence-electron chi connectivity index (χ3n) is 5.89. The van der Waals surface area contributed by atoms with Gasteiger partial charge in [-0.3, -0.25) is 0 Å². The molecule has 0 amide bonds. The van der Waals surface area contributed by atoms with Crippen molar-refractivity contribution in [1.82, 2.24) is 0 Å². The van der Waals surface area contributed by atoms with E-state index in [9.17, 15) is 5.11 Å². The van der Waals surface area contributed by atoms with Crippen LogP contribution in [0.5, 0.6) is 11.5 Å². The summed E-state index contributed by atoms with van der Waals surface area (Å²) in [5.74, 6) is 1.80. The molecule has 0 spiro atoms. The molecule has 1 aliphatic heterocycles. The molecule has 2 aromatic carbocycles. The van der Waals surface area contributed by atoms with Gasteiger partial charge < -0.3 is 14.6 Å². The summed E-state index contributed by atoms with van der Waals surface area (Å²) < 4.78 is 11.0. The van der Waals surface area contributed by atoms with E-state index in [0.717, 1.165) is 18.8 Å². The highest BCUT2D eigenvalue weighted by molar-refractivity contribution is 5.44. The number of ether oxygens (including phenoxy) is 2. The zero-order chi connectivity index (χ0) is 17.3. The number of phenols is 1. The highest BCUT2D eigenvalue weighted by Crippen LogP contribution is 2.49. The lowest BCUT2D eigenvalue weighted by Crippen LogP contribution is -2.37. The van der Waals surface area contributed by atoms with Crippen LogP contribution < -0.4 is 4.74 Å². The van der Waals surface area contributed by atoms with Gasteiger partial charge in [-0.15, -0.1) is 0 Å². The Bertz CT molecular complexity index is 703. The maximum absolute atomic E-state index is 9.69. The van der Waals surface area contributed by atoms with Crippen molar-refractivity contribution in [3.8, 4) is 11.5 Å². The Morgan fingerprint density at radius 2 is 1.68 bits per heavy atom. The zero-order valence-corrected chi connectivity index (χ0v) is 14.8. The molecule has 0 radical (unpaired) electrons. The summed E-state index contributed by atoms with van der Waals surface area (Å²) in [6, 6.07) is 16.4. The van der Waals surface area contributed by atoms with Crippen LogP contribution in [0.2, 0.25) is 0 Å². The number of benzene rings is 2. The number of hydrogen-bond donors (Lipinski definition) is 1. The van der Waals surface area contributed by atoms with Gasteiger partial charge in [0.2, 0.25) is 0 Å². The molecule has 25 heavy (non-hydrogen) atoms. The SMILES string of the molecule is CC1CCCCC1(c1ccc(O)cc1)c1ccc(OCC2CO2)cc1. The van der Waals surface area contributed by atoms with E-state index in [1.165, 1.54) is 30.4 Å². The molecule has 0 aromatic heterocycles. The molecule has 3 heteroatoms. The average Bonchev–Trinajstić information content (AvgIpc) is 3.46. The van der Waals surface area contributed by atoms with E-state index in [2.05, 4.69) is 43.3 Å². The van der Waals surface area contributed by atoms with Gasteiger partial charge in [-0.05, 0) is 54.2 Å². The number of hydrogen-bond acceptors (Lipinski definition) is 3. The van der Waals surface area contributed by atoms with Crippen molar-refractivity contribution in [2.45, 2.75) is 44.1 Å². The quantitative estimate of drug-likeness (QED) is 0.806. The lowest BCUT2D eigenvalue weighted by molar-refractivity contribution is 0.243. The van der Waals surface area contributed by atoms with Crippen LogP contribution in [-0.4, -0.2) is 24.4 Å². The van der Waals surface area contributed by atoms with Gasteiger partial charge in [0.05, 0.1) is 6.61 Å². The topological polar surface area (TPSA) is 42.0 Å². The molecule has 1 saturated carbocycles. The maximum atomic E-state index is 9.69. The molecule has 2 aromatic rings. The second-order valence-corrected chi connectivity index (χ2v) is 7.46. The Morgan fingerprint density at radius 3 is 2.28 bits per heavy atom. The number of epoxide rings is 1. The van der Waals surface area contributed by atoms with Gasteiger partial charge in [0.15, 0.2) is 0 Å². The molecule has 4 rings (SSSR count). The minimum atomic E-state index is 0.0179. The minimum Gasteiger partial charge on any atom is -0.508 e. The average molecular weight is 338 g/mol. The van der Waals surface area contributed by atoms with Crippen LogP contribution in [0.3, 0.4) is 0 Å². The van der Waals surface area contributed by atoms with Crippen LogP contribution in [0.4, 0.5) is 0 Å². The zero-order valence-electron chi connectivity index (χ0n) is 14.8. The van der Waals surface area contributed by atoms with Gasteiger partial charge in [0.1, 0.15) is 24.2 Å². The second-order valence-electron chi connectivity index (χ2n) is 7.46. The first-order chi connectivity index (χ1) is 12.2. The Morgan fingerprint density at radius 1 is 1.04 bits per heavy atom. The van der Waals surface area contributed by atoms with Crippen LogP contribution in [0.15, 0.2) is 48.5 Å². The number of aromatic hydroxyl groups is 1. The third kappa shape index (κ3) is 3.25. The molecule has 3 atom stereocenters. The number of phenolic OH excluding ortho intramolecular Hbond substituents is 1. The van der Waals surface area contributed by atoms with Crippen LogP contribution in [-0.2, 0) is 10.2 Å². The van der Waals surface area contributed by atoms with Crippen molar-refractivity contribution >= 4 is 0 Å². The van der Waals surface area contributed by atoms with Gasteiger partial charge in [0.25, 0.3) is 0 Å². The van der Waals surface area contributed by atoms with Crippen molar-refractivity contribution in [2.24, 2.45) is 5.92 Å².